The number of amides is 3. The topological polar surface area (TPSA) is 163 Å². The Hall–Kier alpha value is -4.94. The summed E-state index contributed by atoms with van der Waals surface area (Å²) < 4.78 is 12.2. The fourth-order valence-corrected chi connectivity index (χ4v) is 7.56. The standard InChI is InChI=1S/C40H52N6O7/c1-5-45(24-26-16-10-9-11-17-26)33-35(42-30-20-15-14-19-29(30)41-33)52-28-22-32-34(47)44-40(37(49)50)23-27(40)18-12-7-6-8-13-21-31(36(48)46(32)25-28)43-38(51)53-39(2,3)4/h9-11,14-17,19-20,27-28,31-32H,5-8,12-13,18,21-25H2,1-4H3,(H,43,51)(H,44,47)(H,49,50)/t27?,28-,31+,32+,40?/m1/s1. The summed E-state index contributed by atoms with van der Waals surface area (Å²) in [5, 5.41) is 15.9. The first-order chi connectivity index (χ1) is 25.4. The normalized spacial score (nSPS) is 25.2. The van der Waals surface area contributed by atoms with Gasteiger partial charge in [-0.3, -0.25) is 9.59 Å². The number of fused-ring (bicyclic) bond motifs is 3. The highest BCUT2D eigenvalue weighted by Gasteiger charge is 2.62. The molecule has 53 heavy (non-hydrogen) atoms. The molecule has 2 saturated heterocycles. The van der Waals surface area contributed by atoms with Crippen molar-refractivity contribution in [3.8, 4) is 5.88 Å². The third-order valence-corrected chi connectivity index (χ3v) is 10.4. The first-order valence-electron chi connectivity index (χ1n) is 18.9. The molecule has 0 bridgehead atoms. The van der Waals surface area contributed by atoms with Crippen LogP contribution in [0.15, 0.2) is 54.6 Å². The van der Waals surface area contributed by atoms with Crippen LogP contribution in [0.2, 0.25) is 0 Å². The second-order valence-corrected chi connectivity index (χ2v) is 15.5. The predicted octanol–water partition coefficient (Wildman–Crippen LogP) is 5.60. The minimum atomic E-state index is -1.37. The van der Waals surface area contributed by atoms with Crippen molar-refractivity contribution in [2.45, 2.75) is 121 Å². The number of nitrogens with zero attached hydrogens (tertiary/aromatic N) is 4. The Kier molecular flexibility index (Phi) is 11.4. The Morgan fingerprint density at radius 2 is 1.64 bits per heavy atom. The van der Waals surface area contributed by atoms with Crippen molar-refractivity contribution in [1.82, 2.24) is 25.5 Å². The SMILES string of the molecule is CCN(Cc1ccccc1)c1nc2ccccc2nc1O[C@@H]1C[C@H]2C(=O)NC3(C(=O)O)CC3CCCCCCC[C@H](NC(=O)OC(C)(C)C)C(=O)N2C1. The van der Waals surface area contributed by atoms with Gasteiger partial charge < -0.3 is 35.0 Å². The predicted molar refractivity (Wildman–Crippen MR) is 199 cm³/mol. The summed E-state index contributed by atoms with van der Waals surface area (Å²) in [6.45, 7) is 8.46. The lowest BCUT2D eigenvalue weighted by atomic mass is 10.0. The minimum Gasteiger partial charge on any atom is -0.479 e. The highest BCUT2D eigenvalue weighted by atomic mass is 16.6. The number of benzene rings is 2. The number of aromatic nitrogens is 2. The van der Waals surface area contributed by atoms with Gasteiger partial charge in [-0.15, -0.1) is 0 Å². The highest BCUT2D eigenvalue weighted by molar-refractivity contribution is 5.96. The average molecular weight is 729 g/mol. The summed E-state index contributed by atoms with van der Waals surface area (Å²) in [4.78, 5) is 67.6. The number of anilines is 1. The summed E-state index contributed by atoms with van der Waals surface area (Å²) in [5.41, 5.74) is 0.269. The maximum Gasteiger partial charge on any atom is 0.408 e. The van der Waals surface area contributed by atoms with E-state index in [-0.39, 0.29) is 24.8 Å². The quantitative estimate of drug-likeness (QED) is 0.266. The van der Waals surface area contributed by atoms with Crippen LogP contribution in [0.3, 0.4) is 0 Å². The van der Waals surface area contributed by atoms with Crippen LogP contribution in [-0.4, -0.2) is 86.3 Å². The monoisotopic (exact) mass is 728 g/mol. The molecule has 2 aliphatic heterocycles. The van der Waals surface area contributed by atoms with Crippen molar-refractivity contribution >= 4 is 40.7 Å². The number of alkyl carbamates (subject to hydrolysis) is 1. The van der Waals surface area contributed by atoms with Crippen molar-refractivity contribution < 1.29 is 33.8 Å². The Morgan fingerprint density at radius 1 is 0.981 bits per heavy atom. The Balaban J connectivity index is 1.32. The van der Waals surface area contributed by atoms with Crippen molar-refractivity contribution in [2.24, 2.45) is 5.92 Å². The van der Waals surface area contributed by atoms with E-state index >= 15 is 0 Å². The highest BCUT2D eigenvalue weighted by Crippen LogP contribution is 2.47. The molecule has 3 aromatic rings. The van der Waals surface area contributed by atoms with E-state index < -0.39 is 53.2 Å². The van der Waals surface area contributed by atoms with Crippen LogP contribution in [0.5, 0.6) is 5.88 Å². The van der Waals surface area contributed by atoms with E-state index in [2.05, 4.69) is 15.5 Å². The van der Waals surface area contributed by atoms with E-state index in [9.17, 15) is 24.3 Å². The Labute approximate surface area is 310 Å². The summed E-state index contributed by atoms with van der Waals surface area (Å²) >= 11 is 0. The van der Waals surface area contributed by atoms with Gasteiger partial charge in [-0.25, -0.2) is 19.6 Å². The summed E-state index contributed by atoms with van der Waals surface area (Å²) in [6, 6.07) is 15.5. The van der Waals surface area contributed by atoms with Crippen molar-refractivity contribution in [3.63, 3.8) is 0 Å². The van der Waals surface area contributed by atoms with Gasteiger partial charge in [0.05, 0.1) is 17.6 Å². The van der Waals surface area contributed by atoms with E-state index in [1.807, 2.05) is 61.5 Å². The van der Waals surface area contributed by atoms with Crippen LogP contribution in [-0.2, 0) is 25.7 Å². The van der Waals surface area contributed by atoms with Gasteiger partial charge in [0.2, 0.25) is 11.8 Å². The van der Waals surface area contributed by atoms with Crippen LogP contribution in [0, 0.1) is 5.92 Å². The number of carbonyl (C=O) groups is 4. The Morgan fingerprint density at radius 3 is 2.32 bits per heavy atom. The molecule has 1 aromatic heterocycles. The molecule has 0 radical (unpaired) electrons. The second-order valence-electron chi connectivity index (χ2n) is 15.5. The van der Waals surface area contributed by atoms with E-state index in [1.165, 1.54) is 4.90 Å². The molecule has 3 amide bonds. The van der Waals surface area contributed by atoms with E-state index in [1.54, 1.807) is 20.8 Å². The number of rotatable bonds is 8. The molecule has 13 nitrogen and oxygen atoms in total. The smallest absolute Gasteiger partial charge is 0.408 e. The number of para-hydroxylation sites is 2. The molecule has 2 aromatic carbocycles. The van der Waals surface area contributed by atoms with Crippen LogP contribution >= 0.6 is 0 Å². The van der Waals surface area contributed by atoms with Gasteiger partial charge in [0, 0.05) is 19.5 Å². The zero-order chi connectivity index (χ0) is 37.8. The molecule has 13 heteroatoms. The van der Waals surface area contributed by atoms with E-state index in [4.69, 9.17) is 19.4 Å². The van der Waals surface area contributed by atoms with Gasteiger partial charge in [0.15, 0.2) is 5.82 Å². The molecule has 1 aliphatic carbocycles. The molecule has 2 unspecified atom stereocenters. The molecule has 5 atom stereocenters. The molecular weight excluding hydrogens is 676 g/mol. The molecule has 6 rings (SSSR count). The summed E-state index contributed by atoms with van der Waals surface area (Å²) in [5.74, 6) is -1.43. The van der Waals surface area contributed by atoms with Gasteiger partial charge in [-0.2, -0.15) is 0 Å². The van der Waals surface area contributed by atoms with Crippen LogP contribution in [0.4, 0.5) is 10.6 Å². The average Bonchev–Trinajstić information content (AvgIpc) is 3.65. The van der Waals surface area contributed by atoms with E-state index in [0.29, 0.717) is 55.6 Å². The summed E-state index contributed by atoms with van der Waals surface area (Å²) in [6.07, 6.45) is 4.33. The first kappa shape index (κ1) is 37.8. The number of hydrogen-bond donors (Lipinski definition) is 3. The molecule has 3 N–H and O–H groups in total. The first-order valence-corrected chi connectivity index (χ1v) is 18.9. The molecule has 3 fully saturated rings. The largest absolute Gasteiger partial charge is 0.479 e. The van der Waals surface area contributed by atoms with E-state index in [0.717, 1.165) is 31.2 Å². The van der Waals surface area contributed by atoms with Crippen molar-refractivity contribution in [3.05, 3.63) is 60.2 Å². The minimum absolute atomic E-state index is 0.0195. The number of carboxylic acid groups (broad SMARTS) is 1. The third kappa shape index (κ3) is 9.00. The molecule has 0 spiro atoms. The number of carboxylic acids is 1. The van der Waals surface area contributed by atoms with Crippen molar-refractivity contribution in [1.29, 1.82) is 0 Å². The van der Waals surface area contributed by atoms with Gasteiger partial charge in [-0.1, -0.05) is 74.6 Å². The number of hydrogen-bond acceptors (Lipinski definition) is 9. The maximum atomic E-state index is 14.5. The number of ether oxygens (including phenoxy) is 2. The Bertz CT molecular complexity index is 1800. The molecular formula is C40H52N6O7. The van der Waals surface area contributed by atoms with Crippen LogP contribution in [0.1, 0.15) is 91.0 Å². The molecule has 3 aliphatic rings. The lowest BCUT2D eigenvalue weighted by Crippen LogP contribution is -2.56. The lowest BCUT2D eigenvalue weighted by Gasteiger charge is -2.30. The van der Waals surface area contributed by atoms with Gasteiger partial charge in [-0.05, 0) is 70.6 Å². The second kappa shape index (κ2) is 16.0. The van der Waals surface area contributed by atoms with Gasteiger partial charge in [0.1, 0.15) is 29.3 Å². The van der Waals surface area contributed by atoms with Crippen LogP contribution in [0.25, 0.3) is 11.0 Å². The molecule has 3 heterocycles. The lowest BCUT2D eigenvalue weighted by molar-refractivity contribution is -0.146. The number of nitrogens with one attached hydrogen (secondary N) is 2. The molecule has 284 valence electrons. The fraction of sp³-hybridized carbons (Fsp3) is 0.550. The fourth-order valence-electron chi connectivity index (χ4n) is 7.56. The van der Waals surface area contributed by atoms with Gasteiger partial charge in [0.25, 0.3) is 5.88 Å². The molecule has 1 saturated carbocycles. The number of carbonyl (C=O) groups excluding carboxylic acids is 3. The van der Waals surface area contributed by atoms with Gasteiger partial charge >= 0.3 is 12.1 Å². The van der Waals surface area contributed by atoms with Crippen LogP contribution < -0.4 is 20.3 Å². The zero-order valence-corrected chi connectivity index (χ0v) is 31.2. The summed E-state index contributed by atoms with van der Waals surface area (Å²) in [7, 11) is 0. The maximum absolute atomic E-state index is 14.5. The third-order valence-electron chi connectivity index (χ3n) is 10.4. The number of aliphatic carboxylic acids is 1. The van der Waals surface area contributed by atoms with Crippen molar-refractivity contribution in [2.75, 3.05) is 18.0 Å². The zero-order valence-electron chi connectivity index (χ0n) is 31.2.